The van der Waals surface area contributed by atoms with E-state index in [4.69, 9.17) is 9.47 Å². The minimum absolute atomic E-state index is 0.0603. The van der Waals surface area contributed by atoms with Crippen LogP contribution in [0.3, 0.4) is 0 Å². The molecule has 0 aromatic heterocycles. The summed E-state index contributed by atoms with van der Waals surface area (Å²) in [7, 11) is 0. The molecule has 0 radical (unpaired) electrons. The lowest BCUT2D eigenvalue weighted by atomic mass is 10.0. The third-order valence-electron chi connectivity index (χ3n) is 10.6. The van der Waals surface area contributed by atoms with Crippen molar-refractivity contribution in [3.8, 4) is 0 Å². The number of carbonyl (C=O) groups excluding carboxylic acids is 2. The Morgan fingerprint density at radius 2 is 0.712 bits per heavy atom. The predicted octanol–water partition coefficient (Wildman–Crippen LogP) is 14.9. The van der Waals surface area contributed by atoms with E-state index >= 15 is 0 Å². The first-order valence-corrected chi connectivity index (χ1v) is 23.2. The van der Waals surface area contributed by atoms with Gasteiger partial charge in [-0.1, -0.05) is 219 Å². The van der Waals surface area contributed by atoms with Crippen molar-refractivity contribution in [2.75, 3.05) is 13.2 Å². The van der Waals surface area contributed by atoms with Gasteiger partial charge < -0.3 is 14.6 Å². The van der Waals surface area contributed by atoms with E-state index in [1.165, 1.54) is 193 Å². The van der Waals surface area contributed by atoms with Crippen molar-refractivity contribution >= 4 is 11.9 Å². The highest BCUT2D eigenvalue weighted by Crippen LogP contribution is 2.16. The van der Waals surface area contributed by atoms with Crippen molar-refractivity contribution in [2.24, 2.45) is 0 Å². The van der Waals surface area contributed by atoms with Crippen LogP contribution < -0.4 is 0 Å². The number of carbonyl (C=O) groups is 2. The standard InChI is InChI=1S/C47H90O5/c1-3-5-7-9-11-13-15-17-19-21-23-25-27-29-31-33-35-37-39-41-46(49)51-44-45(43-48)52-47(50)42-40-38-36-34-32-30-28-26-24-22-20-18-16-14-12-10-8-6-4-2/h17,19,45,48H,3-16,18,20-44H2,1-2H3/b19-17+/t45-/m0/s1. The van der Waals surface area contributed by atoms with E-state index in [0.29, 0.717) is 12.8 Å². The summed E-state index contributed by atoms with van der Waals surface area (Å²) < 4.78 is 10.7. The van der Waals surface area contributed by atoms with Gasteiger partial charge in [-0.2, -0.15) is 0 Å². The van der Waals surface area contributed by atoms with Gasteiger partial charge in [-0.3, -0.25) is 9.59 Å². The smallest absolute Gasteiger partial charge is 0.306 e. The van der Waals surface area contributed by atoms with Crippen LogP contribution in [0.25, 0.3) is 0 Å². The number of hydrogen-bond donors (Lipinski definition) is 1. The normalized spacial score (nSPS) is 12.1. The first-order valence-electron chi connectivity index (χ1n) is 23.2. The Kier molecular flexibility index (Phi) is 42.9. The van der Waals surface area contributed by atoms with Gasteiger partial charge in [0, 0.05) is 12.8 Å². The Bertz CT molecular complexity index is 750. The zero-order chi connectivity index (χ0) is 37.8. The number of ether oxygens (including phenoxy) is 2. The molecule has 0 bridgehead atoms. The summed E-state index contributed by atoms with van der Waals surface area (Å²) in [6, 6.07) is 0. The molecule has 0 rings (SSSR count). The molecule has 0 fully saturated rings. The molecule has 0 aromatic rings. The molecule has 1 atom stereocenters. The summed E-state index contributed by atoms with van der Waals surface area (Å²) in [6.45, 7) is 4.17. The van der Waals surface area contributed by atoms with Crippen molar-refractivity contribution in [1.29, 1.82) is 0 Å². The van der Waals surface area contributed by atoms with Gasteiger partial charge in [-0.25, -0.2) is 0 Å². The van der Waals surface area contributed by atoms with Crippen molar-refractivity contribution < 1.29 is 24.2 Å². The van der Waals surface area contributed by atoms with Gasteiger partial charge in [0.1, 0.15) is 6.61 Å². The topological polar surface area (TPSA) is 72.8 Å². The second kappa shape index (κ2) is 44.0. The molecular weight excluding hydrogens is 645 g/mol. The molecule has 0 saturated carbocycles. The summed E-state index contributed by atoms with van der Waals surface area (Å²) >= 11 is 0. The van der Waals surface area contributed by atoms with Crippen LogP contribution >= 0.6 is 0 Å². The van der Waals surface area contributed by atoms with E-state index in [2.05, 4.69) is 26.0 Å². The van der Waals surface area contributed by atoms with Crippen LogP contribution in [0.2, 0.25) is 0 Å². The fourth-order valence-electron chi connectivity index (χ4n) is 7.02. The van der Waals surface area contributed by atoms with Crippen molar-refractivity contribution in [3.63, 3.8) is 0 Å². The highest BCUT2D eigenvalue weighted by molar-refractivity contribution is 5.70. The molecule has 52 heavy (non-hydrogen) atoms. The third-order valence-corrected chi connectivity index (χ3v) is 10.6. The van der Waals surface area contributed by atoms with E-state index in [1.54, 1.807) is 0 Å². The molecule has 308 valence electrons. The summed E-state index contributed by atoms with van der Waals surface area (Å²) in [6.07, 6.45) is 51.5. The Balaban J connectivity index is 3.47. The maximum absolute atomic E-state index is 12.2. The molecule has 0 amide bonds. The minimum Gasteiger partial charge on any atom is -0.462 e. The first-order chi connectivity index (χ1) is 25.6. The second-order valence-electron chi connectivity index (χ2n) is 15.8. The molecule has 0 saturated heterocycles. The lowest BCUT2D eigenvalue weighted by molar-refractivity contribution is -0.161. The molecule has 1 N–H and O–H groups in total. The van der Waals surface area contributed by atoms with Gasteiger partial charge in [0.2, 0.25) is 0 Å². The van der Waals surface area contributed by atoms with Gasteiger partial charge in [0.15, 0.2) is 6.10 Å². The lowest BCUT2D eigenvalue weighted by Gasteiger charge is -2.15. The van der Waals surface area contributed by atoms with Crippen molar-refractivity contribution in [3.05, 3.63) is 12.2 Å². The largest absolute Gasteiger partial charge is 0.462 e. The second-order valence-corrected chi connectivity index (χ2v) is 15.8. The molecular formula is C47H90O5. The number of esters is 2. The first kappa shape index (κ1) is 50.6. The van der Waals surface area contributed by atoms with E-state index in [-0.39, 0.29) is 25.2 Å². The molecule has 5 heteroatoms. The van der Waals surface area contributed by atoms with Crippen LogP contribution in [0.4, 0.5) is 0 Å². The third kappa shape index (κ3) is 41.4. The highest BCUT2D eigenvalue weighted by atomic mass is 16.6. The Morgan fingerprint density at radius 1 is 0.423 bits per heavy atom. The Labute approximate surface area is 324 Å². The number of rotatable bonds is 43. The van der Waals surface area contributed by atoms with Crippen molar-refractivity contribution in [2.45, 2.75) is 264 Å². The molecule has 0 aliphatic heterocycles. The van der Waals surface area contributed by atoms with Gasteiger partial charge >= 0.3 is 11.9 Å². The molecule has 0 aliphatic carbocycles. The van der Waals surface area contributed by atoms with Gasteiger partial charge in [-0.05, 0) is 38.5 Å². The summed E-state index contributed by atoms with van der Waals surface area (Å²) in [5.74, 6) is -0.577. The number of allylic oxidation sites excluding steroid dienone is 2. The fraction of sp³-hybridized carbons (Fsp3) is 0.915. The Morgan fingerprint density at radius 3 is 1.04 bits per heavy atom. The predicted molar refractivity (Wildman–Crippen MR) is 224 cm³/mol. The summed E-state index contributed by atoms with van der Waals surface area (Å²) in [4.78, 5) is 24.4. The van der Waals surface area contributed by atoms with Crippen LogP contribution in [0.5, 0.6) is 0 Å². The average Bonchev–Trinajstić information content (AvgIpc) is 3.15. The van der Waals surface area contributed by atoms with Crippen LogP contribution in [0.1, 0.15) is 258 Å². The van der Waals surface area contributed by atoms with Crippen LogP contribution in [0, 0.1) is 0 Å². The molecule has 5 nitrogen and oxygen atoms in total. The quantitative estimate of drug-likeness (QED) is 0.0383. The zero-order valence-electron chi connectivity index (χ0n) is 35.1. The maximum Gasteiger partial charge on any atom is 0.306 e. The zero-order valence-corrected chi connectivity index (χ0v) is 35.1. The number of unbranched alkanes of at least 4 members (excludes halogenated alkanes) is 33. The minimum atomic E-state index is -0.766. The Hall–Kier alpha value is -1.36. The monoisotopic (exact) mass is 735 g/mol. The van der Waals surface area contributed by atoms with E-state index < -0.39 is 6.10 Å². The fourth-order valence-corrected chi connectivity index (χ4v) is 7.02. The molecule has 0 unspecified atom stereocenters. The average molecular weight is 735 g/mol. The van der Waals surface area contributed by atoms with E-state index in [1.807, 2.05) is 0 Å². The maximum atomic E-state index is 12.2. The number of aliphatic hydroxyl groups excluding tert-OH is 1. The van der Waals surface area contributed by atoms with Crippen molar-refractivity contribution in [1.82, 2.24) is 0 Å². The van der Waals surface area contributed by atoms with Crippen LogP contribution in [-0.2, 0) is 19.1 Å². The molecule has 0 heterocycles. The van der Waals surface area contributed by atoms with Crippen LogP contribution in [0.15, 0.2) is 12.2 Å². The van der Waals surface area contributed by atoms with Crippen LogP contribution in [-0.4, -0.2) is 36.4 Å². The molecule has 0 aromatic carbocycles. The summed E-state index contributed by atoms with van der Waals surface area (Å²) in [5, 5.41) is 9.60. The molecule has 0 spiro atoms. The SMILES string of the molecule is CCCCCCCC/C=C/CCCCCCCCCCCC(=O)OC[C@H](CO)OC(=O)CCCCCCCCCCCCCCCCCCCCC. The van der Waals surface area contributed by atoms with Gasteiger partial charge in [0.05, 0.1) is 6.61 Å². The summed E-state index contributed by atoms with van der Waals surface area (Å²) in [5.41, 5.74) is 0. The number of hydrogen-bond acceptors (Lipinski definition) is 5. The van der Waals surface area contributed by atoms with E-state index in [0.717, 1.165) is 38.5 Å². The highest BCUT2D eigenvalue weighted by Gasteiger charge is 2.16. The van der Waals surface area contributed by atoms with Gasteiger partial charge in [-0.15, -0.1) is 0 Å². The number of aliphatic hydroxyl groups is 1. The van der Waals surface area contributed by atoms with Gasteiger partial charge in [0.25, 0.3) is 0 Å². The molecule has 0 aliphatic rings. The lowest BCUT2D eigenvalue weighted by Crippen LogP contribution is -2.28. The van der Waals surface area contributed by atoms with E-state index in [9.17, 15) is 14.7 Å².